The Kier molecular flexibility index (Phi) is 21.3. The van der Waals surface area contributed by atoms with Crippen LogP contribution in [-0.4, -0.2) is 19.1 Å². The first-order valence-electron chi connectivity index (χ1n) is 20.1. The van der Waals surface area contributed by atoms with Crippen molar-refractivity contribution < 1.29 is 25.8 Å². The summed E-state index contributed by atoms with van der Waals surface area (Å²) in [6.45, 7) is 15.4. The van der Waals surface area contributed by atoms with E-state index < -0.39 is 0 Å². The molecular formula is C48H66HfN6. The van der Waals surface area contributed by atoms with Gasteiger partial charge in [-0.2, -0.15) is 0 Å². The Bertz CT molecular complexity index is 1800. The van der Waals surface area contributed by atoms with Crippen molar-refractivity contribution in [1.29, 1.82) is 0 Å². The van der Waals surface area contributed by atoms with Gasteiger partial charge in [0.25, 0.3) is 0 Å². The van der Waals surface area contributed by atoms with Crippen LogP contribution in [0.25, 0.3) is 32.7 Å². The zero-order valence-corrected chi connectivity index (χ0v) is 38.8. The molecule has 0 unspecified atom stereocenters. The van der Waals surface area contributed by atoms with Crippen LogP contribution < -0.4 is 0 Å². The number of nitrogens with zero attached hydrogens (tertiary/aromatic N) is 6. The number of unbranched alkanes of at least 4 members (excludes halogenated alkanes) is 2. The molecule has 4 aromatic heterocycles. The summed E-state index contributed by atoms with van der Waals surface area (Å²) < 4.78 is 4.51. The maximum Gasteiger partial charge on any atom is 4.00 e. The van der Waals surface area contributed by atoms with Gasteiger partial charge in [0.1, 0.15) is 0 Å². The third-order valence-electron chi connectivity index (χ3n) is 9.63. The second kappa shape index (κ2) is 24.7. The summed E-state index contributed by atoms with van der Waals surface area (Å²) >= 11 is 0. The molecule has 0 atom stereocenters. The van der Waals surface area contributed by atoms with E-state index in [2.05, 4.69) is 124 Å². The van der Waals surface area contributed by atoms with Crippen LogP contribution in [0.5, 0.6) is 0 Å². The standard InChI is InChI=1S/2C23H30N3.2CH3.Hf/c2*1-4-7-16-26-17-15-20-13-14-21(25-23(20)26)24-22-18(9-5-2)11-8-12-19(22)10-6-3;;;/h2*8,11-15,17H,4-7,9-10,16H2,1-3H3;2*1H3;/q4*-1;+4. The first-order chi connectivity index (χ1) is 25.5. The number of rotatable bonds is 18. The van der Waals surface area contributed by atoms with E-state index in [0.717, 1.165) is 98.8 Å². The van der Waals surface area contributed by atoms with Gasteiger partial charge in [0.05, 0.1) is 0 Å². The largest absolute Gasteiger partial charge is 4.00 e. The minimum absolute atomic E-state index is 0. The van der Waals surface area contributed by atoms with Crippen molar-refractivity contribution in [1.82, 2.24) is 19.1 Å². The molecule has 0 N–H and O–H groups in total. The molecule has 0 bridgehead atoms. The summed E-state index contributed by atoms with van der Waals surface area (Å²) in [7, 11) is 0. The maximum atomic E-state index is 5.00. The summed E-state index contributed by atoms with van der Waals surface area (Å²) in [4.78, 5) is 9.76. The Morgan fingerprint density at radius 1 is 0.455 bits per heavy atom. The number of pyridine rings is 2. The monoisotopic (exact) mass is 906 g/mol. The van der Waals surface area contributed by atoms with E-state index in [9.17, 15) is 0 Å². The number of hydrogen-bond donors (Lipinski definition) is 0. The number of aromatic nitrogens is 4. The van der Waals surface area contributed by atoms with Crippen molar-refractivity contribution in [2.24, 2.45) is 0 Å². The molecule has 0 spiro atoms. The van der Waals surface area contributed by atoms with E-state index in [0.29, 0.717) is 0 Å². The van der Waals surface area contributed by atoms with Crippen LogP contribution in [0.2, 0.25) is 0 Å². The van der Waals surface area contributed by atoms with Gasteiger partial charge >= 0.3 is 25.8 Å². The molecule has 0 amide bonds. The van der Waals surface area contributed by atoms with E-state index in [1.54, 1.807) is 0 Å². The zero-order valence-electron chi connectivity index (χ0n) is 35.2. The molecule has 6 nitrogen and oxygen atoms in total. The predicted molar refractivity (Wildman–Crippen MR) is 236 cm³/mol. The number of para-hydroxylation sites is 2. The smallest absolute Gasteiger partial charge is 0.436 e. The average molecular weight is 906 g/mol. The van der Waals surface area contributed by atoms with E-state index in [-0.39, 0.29) is 40.7 Å². The second-order valence-corrected chi connectivity index (χ2v) is 14.0. The van der Waals surface area contributed by atoms with Crippen LogP contribution in [0.4, 0.5) is 23.0 Å². The van der Waals surface area contributed by atoms with Gasteiger partial charge in [-0.15, -0.1) is 0 Å². The molecule has 55 heavy (non-hydrogen) atoms. The normalized spacial score (nSPS) is 10.6. The van der Waals surface area contributed by atoms with Gasteiger partial charge in [0.15, 0.2) is 0 Å². The minimum Gasteiger partial charge on any atom is -0.436 e. The maximum absolute atomic E-state index is 5.00. The van der Waals surface area contributed by atoms with Crippen LogP contribution >= 0.6 is 0 Å². The molecule has 2 aromatic carbocycles. The van der Waals surface area contributed by atoms with Gasteiger partial charge in [0.2, 0.25) is 0 Å². The quantitative estimate of drug-likeness (QED) is 0.0637. The van der Waals surface area contributed by atoms with E-state index in [1.807, 2.05) is 12.1 Å². The Hall–Kier alpha value is -3.71. The van der Waals surface area contributed by atoms with Gasteiger partial charge in [-0.1, -0.05) is 152 Å². The van der Waals surface area contributed by atoms with Crippen molar-refractivity contribution in [3.05, 3.63) is 133 Å². The van der Waals surface area contributed by atoms with Gasteiger partial charge in [-0.25, -0.2) is 0 Å². The summed E-state index contributed by atoms with van der Waals surface area (Å²) in [5.41, 5.74) is 9.70. The molecule has 6 aromatic rings. The topological polar surface area (TPSA) is 63.8 Å². The molecule has 7 heteroatoms. The number of hydrogen-bond acceptors (Lipinski definition) is 2. The second-order valence-electron chi connectivity index (χ2n) is 14.0. The fourth-order valence-electron chi connectivity index (χ4n) is 6.93. The van der Waals surface area contributed by atoms with Crippen molar-refractivity contribution in [2.75, 3.05) is 0 Å². The van der Waals surface area contributed by atoms with Gasteiger partial charge in [-0.3, -0.25) is 0 Å². The van der Waals surface area contributed by atoms with Crippen molar-refractivity contribution >= 4 is 45.1 Å². The molecule has 0 aliphatic heterocycles. The van der Waals surface area contributed by atoms with Crippen LogP contribution in [-0.2, 0) is 64.6 Å². The van der Waals surface area contributed by atoms with Crippen molar-refractivity contribution in [2.45, 2.75) is 132 Å². The number of fused-ring (bicyclic) bond motifs is 2. The SMILES string of the molecule is CCCCn1ccc2ccc([N-]c3c(CCC)cccc3CCC)nc21.CCCCn1ccc2ccc([N-]c3c(CCC)cccc3CCC)nc21.[CH3-].[CH3-].[Hf+4]. The summed E-state index contributed by atoms with van der Waals surface area (Å²) in [6.07, 6.45) is 17.8. The van der Waals surface area contributed by atoms with Crippen LogP contribution in [0.15, 0.2) is 85.2 Å². The fourth-order valence-corrected chi connectivity index (χ4v) is 6.93. The first-order valence-corrected chi connectivity index (χ1v) is 20.1. The summed E-state index contributed by atoms with van der Waals surface area (Å²) in [5.74, 6) is 1.63. The summed E-state index contributed by atoms with van der Waals surface area (Å²) in [5, 5.41) is 12.4. The molecule has 0 saturated carbocycles. The Labute approximate surface area is 352 Å². The number of benzene rings is 2. The van der Waals surface area contributed by atoms with Crippen LogP contribution in [0.3, 0.4) is 0 Å². The van der Waals surface area contributed by atoms with E-state index in [1.165, 1.54) is 58.7 Å². The first kappa shape index (κ1) is 47.4. The molecule has 292 valence electrons. The molecule has 0 radical (unpaired) electrons. The fraction of sp³-hybridized carbons (Fsp3) is 0.417. The van der Waals surface area contributed by atoms with Gasteiger partial charge in [0, 0.05) is 36.8 Å². The van der Waals surface area contributed by atoms with Crippen molar-refractivity contribution in [3.8, 4) is 0 Å². The van der Waals surface area contributed by atoms with E-state index >= 15 is 0 Å². The van der Waals surface area contributed by atoms with E-state index in [4.69, 9.17) is 20.6 Å². The van der Waals surface area contributed by atoms with Gasteiger partial charge < -0.3 is 44.6 Å². The molecule has 0 aliphatic carbocycles. The molecular weight excluding hydrogens is 839 g/mol. The molecule has 0 aliphatic rings. The summed E-state index contributed by atoms with van der Waals surface area (Å²) in [6, 6.07) is 25.9. The Balaban J connectivity index is 0.000000360. The zero-order chi connectivity index (χ0) is 36.7. The van der Waals surface area contributed by atoms with Crippen LogP contribution in [0.1, 0.15) is 115 Å². The van der Waals surface area contributed by atoms with Gasteiger partial charge in [-0.05, 0) is 95.1 Å². The van der Waals surface area contributed by atoms with Crippen molar-refractivity contribution in [3.63, 3.8) is 0 Å². The molecule has 4 heterocycles. The third-order valence-corrected chi connectivity index (χ3v) is 9.63. The third kappa shape index (κ3) is 12.6. The molecule has 0 saturated heterocycles. The van der Waals surface area contributed by atoms with Crippen LogP contribution in [0, 0.1) is 14.9 Å². The predicted octanol–water partition coefficient (Wildman–Crippen LogP) is 15.1. The molecule has 0 fully saturated rings. The average Bonchev–Trinajstić information content (AvgIpc) is 3.76. The molecule has 6 rings (SSSR count). The Morgan fingerprint density at radius 3 is 1.11 bits per heavy atom. The Morgan fingerprint density at radius 2 is 0.800 bits per heavy atom. The number of aryl methyl sites for hydroxylation is 6. The minimum atomic E-state index is 0.